The summed E-state index contributed by atoms with van der Waals surface area (Å²) in [6.07, 6.45) is 1.37. The lowest BCUT2D eigenvalue weighted by atomic mass is 10.2. The van der Waals surface area contributed by atoms with Crippen LogP contribution in [-0.2, 0) is 0 Å². The lowest BCUT2D eigenvalue weighted by molar-refractivity contribution is -0.387. The van der Waals surface area contributed by atoms with Crippen LogP contribution in [0.2, 0.25) is 0 Å². The first-order valence-electron chi connectivity index (χ1n) is 3.69. The van der Waals surface area contributed by atoms with Gasteiger partial charge in [-0.2, -0.15) is 9.65 Å². The summed E-state index contributed by atoms with van der Waals surface area (Å²) in [6.45, 7) is 0. The highest BCUT2D eigenvalue weighted by Gasteiger charge is 2.16. The first-order chi connectivity index (χ1) is 7.06. The van der Waals surface area contributed by atoms with E-state index in [0.717, 1.165) is 12.1 Å². The van der Waals surface area contributed by atoms with Gasteiger partial charge in [0.25, 0.3) is 5.91 Å². The average molecular weight is 209 g/mol. The maximum atomic E-state index is 13.0. The third kappa shape index (κ3) is 2.25. The number of nitro groups is 1. The van der Waals surface area contributed by atoms with Crippen molar-refractivity contribution in [1.29, 1.82) is 5.26 Å². The fourth-order valence-electron chi connectivity index (χ4n) is 0.919. The molecule has 0 aromatic heterocycles. The molecule has 0 fully saturated rings. The zero-order valence-electron chi connectivity index (χ0n) is 7.23. The SMILES string of the molecule is N#CNC(=O)c1ccc([N+](=O)[O-])c(F)c1. The predicted molar refractivity (Wildman–Crippen MR) is 46.1 cm³/mol. The van der Waals surface area contributed by atoms with Crippen LogP contribution in [0, 0.1) is 27.4 Å². The van der Waals surface area contributed by atoms with Gasteiger partial charge < -0.3 is 0 Å². The molecule has 0 spiro atoms. The van der Waals surface area contributed by atoms with E-state index in [1.165, 1.54) is 6.19 Å². The minimum absolute atomic E-state index is 0.153. The monoisotopic (exact) mass is 209 g/mol. The highest BCUT2D eigenvalue weighted by atomic mass is 19.1. The molecule has 0 saturated carbocycles. The lowest BCUT2D eigenvalue weighted by Gasteiger charge is -1.98. The molecule has 15 heavy (non-hydrogen) atoms. The third-order valence-corrected chi connectivity index (χ3v) is 1.58. The van der Waals surface area contributed by atoms with E-state index < -0.39 is 22.3 Å². The van der Waals surface area contributed by atoms with E-state index in [9.17, 15) is 19.3 Å². The molecule has 1 amide bonds. The molecule has 0 aliphatic carbocycles. The molecule has 0 aliphatic rings. The average Bonchev–Trinajstić information content (AvgIpc) is 2.17. The van der Waals surface area contributed by atoms with Crippen molar-refractivity contribution in [1.82, 2.24) is 5.32 Å². The van der Waals surface area contributed by atoms with Crippen molar-refractivity contribution in [3.8, 4) is 6.19 Å². The summed E-state index contributed by atoms with van der Waals surface area (Å²) < 4.78 is 13.0. The second kappa shape index (κ2) is 4.15. The van der Waals surface area contributed by atoms with Gasteiger partial charge in [-0.3, -0.25) is 20.2 Å². The Morgan fingerprint density at radius 1 is 1.60 bits per heavy atom. The van der Waals surface area contributed by atoms with Gasteiger partial charge >= 0.3 is 5.69 Å². The van der Waals surface area contributed by atoms with Crippen molar-refractivity contribution in [2.24, 2.45) is 0 Å². The van der Waals surface area contributed by atoms with Crippen molar-refractivity contribution in [2.45, 2.75) is 0 Å². The Bertz CT molecular complexity index is 467. The van der Waals surface area contributed by atoms with Crippen LogP contribution in [0.5, 0.6) is 0 Å². The van der Waals surface area contributed by atoms with Gasteiger partial charge in [0.1, 0.15) is 0 Å². The molecule has 1 aromatic carbocycles. The Labute approximate surface area is 83.1 Å². The fraction of sp³-hybridized carbons (Fsp3) is 0. The van der Waals surface area contributed by atoms with E-state index >= 15 is 0 Å². The highest BCUT2D eigenvalue weighted by Crippen LogP contribution is 2.17. The zero-order chi connectivity index (χ0) is 11.4. The van der Waals surface area contributed by atoms with Crippen molar-refractivity contribution in [2.75, 3.05) is 0 Å². The molecule has 0 bridgehead atoms. The number of rotatable bonds is 2. The van der Waals surface area contributed by atoms with E-state index in [4.69, 9.17) is 5.26 Å². The minimum Gasteiger partial charge on any atom is -0.268 e. The Kier molecular flexibility index (Phi) is 2.93. The largest absolute Gasteiger partial charge is 0.304 e. The smallest absolute Gasteiger partial charge is 0.268 e. The molecule has 0 saturated heterocycles. The van der Waals surface area contributed by atoms with Crippen molar-refractivity contribution in [3.05, 3.63) is 39.7 Å². The first-order valence-corrected chi connectivity index (χ1v) is 3.69. The van der Waals surface area contributed by atoms with Crippen molar-refractivity contribution < 1.29 is 14.1 Å². The molecular formula is C8H4FN3O3. The van der Waals surface area contributed by atoms with Gasteiger partial charge in [0, 0.05) is 11.6 Å². The van der Waals surface area contributed by atoms with Crippen LogP contribution >= 0.6 is 0 Å². The number of hydrogen-bond donors (Lipinski definition) is 1. The number of nitrogens with zero attached hydrogens (tertiary/aromatic N) is 2. The maximum absolute atomic E-state index is 13.0. The predicted octanol–water partition coefficient (Wildman–Crippen LogP) is 0.945. The van der Waals surface area contributed by atoms with Crippen LogP contribution in [0.15, 0.2) is 18.2 Å². The fourth-order valence-corrected chi connectivity index (χ4v) is 0.919. The molecule has 6 nitrogen and oxygen atoms in total. The van der Waals surface area contributed by atoms with E-state index in [1.54, 1.807) is 5.32 Å². The molecule has 76 valence electrons. The van der Waals surface area contributed by atoms with Crippen molar-refractivity contribution in [3.63, 3.8) is 0 Å². The number of hydrogen-bond acceptors (Lipinski definition) is 4. The number of carbonyl (C=O) groups is 1. The maximum Gasteiger partial charge on any atom is 0.304 e. The number of carbonyl (C=O) groups excluding carboxylic acids is 1. The molecule has 0 aliphatic heterocycles. The summed E-state index contributed by atoms with van der Waals surface area (Å²) in [4.78, 5) is 20.3. The topological polar surface area (TPSA) is 96.0 Å². The summed E-state index contributed by atoms with van der Waals surface area (Å²) in [5.74, 6) is -1.93. The van der Waals surface area contributed by atoms with E-state index in [2.05, 4.69) is 0 Å². The molecule has 7 heteroatoms. The second-order valence-electron chi connectivity index (χ2n) is 2.49. The number of nitro benzene ring substituents is 1. The van der Waals surface area contributed by atoms with Gasteiger partial charge in [0.15, 0.2) is 6.19 Å². The van der Waals surface area contributed by atoms with Gasteiger partial charge in [-0.25, -0.2) is 0 Å². The number of benzene rings is 1. The van der Waals surface area contributed by atoms with Crippen LogP contribution in [-0.4, -0.2) is 10.8 Å². The number of halogens is 1. The Hall–Kier alpha value is -2.49. The van der Waals surface area contributed by atoms with Gasteiger partial charge in [-0.1, -0.05) is 0 Å². The normalized spacial score (nSPS) is 9.07. The zero-order valence-corrected chi connectivity index (χ0v) is 7.23. The van der Waals surface area contributed by atoms with Gasteiger partial charge in [-0.15, -0.1) is 0 Å². The van der Waals surface area contributed by atoms with Gasteiger partial charge in [0.05, 0.1) is 4.92 Å². The molecule has 0 radical (unpaired) electrons. The number of nitrogens with one attached hydrogen (secondary N) is 1. The van der Waals surface area contributed by atoms with Gasteiger partial charge in [-0.05, 0) is 12.1 Å². The van der Waals surface area contributed by atoms with E-state index in [0.29, 0.717) is 6.07 Å². The Morgan fingerprint density at radius 3 is 2.73 bits per heavy atom. The van der Waals surface area contributed by atoms with Crippen LogP contribution < -0.4 is 5.32 Å². The quantitative estimate of drug-likeness (QED) is 0.339. The molecule has 1 aromatic rings. The van der Waals surface area contributed by atoms with Crippen LogP contribution in [0.25, 0.3) is 0 Å². The minimum atomic E-state index is -1.12. The Balaban J connectivity index is 3.08. The second-order valence-corrected chi connectivity index (χ2v) is 2.49. The Morgan fingerprint density at radius 2 is 2.27 bits per heavy atom. The summed E-state index contributed by atoms with van der Waals surface area (Å²) in [5, 5.41) is 20.1. The summed E-state index contributed by atoms with van der Waals surface area (Å²) >= 11 is 0. The van der Waals surface area contributed by atoms with Crippen LogP contribution in [0.4, 0.5) is 10.1 Å². The molecule has 1 rings (SSSR count). The highest BCUT2D eigenvalue weighted by molar-refractivity contribution is 5.95. The molecule has 0 atom stereocenters. The first kappa shape index (κ1) is 10.6. The summed E-state index contributed by atoms with van der Waals surface area (Å²) in [6, 6.07) is 2.63. The van der Waals surface area contributed by atoms with Gasteiger partial charge in [0.2, 0.25) is 5.82 Å². The van der Waals surface area contributed by atoms with E-state index in [-0.39, 0.29) is 5.56 Å². The molecule has 0 unspecified atom stereocenters. The standard InChI is InChI=1S/C8H4FN3O3/c9-6-3-5(8(13)11-4-10)1-2-7(6)12(14)15/h1-3H,(H,11,13). The molecule has 1 N–H and O–H groups in total. The third-order valence-electron chi connectivity index (χ3n) is 1.58. The van der Waals surface area contributed by atoms with Crippen LogP contribution in [0.1, 0.15) is 10.4 Å². The number of amides is 1. The molecule has 0 heterocycles. The van der Waals surface area contributed by atoms with Crippen molar-refractivity contribution >= 4 is 11.6 Å². The van der Waals surface area contributed by atoms with Crippen LogP contribution in [0.3, 0.4) is 0 Å². The van der Waals surface area contributed by atoms with E-state index in [1.807, 2.05) is 0 Å². The summed E-state index contributed by atoms with van der Waals surface area (Å²) in [7, 11) is 0. The molecular weight excluding hydrogens is 205 g/mol. The number of nitriles is 1. The summed E-state index contributed by atoms with van der Waals surface area (Å²) in [5.41, 5.74) is -0.872. The lowest BCUT2D eigenvalue weighted by Crippen LogP contribution is -2.17.